The van der Waals surface area contributed by atoms with Crippen molar-refractivity contribution in [2.24, 2.45) is 10.7 Å². The van der Waals surface area contributed by atoms with Gasteiger partial charge in [0.2, 0.25) is 5.96 Å². The first-order valence-corrected chi connectivity index (χ1v) is 5.64. The molecule has 2 aliphatic rings. The fraction of sp³-hybridized carbons (Fsp3) is 0.545. The van der Waals surface area contributed by atoms with Crippen molar-refractivity contribution >= 4 is 5.96 Å². The molecule has 4 N–H and O–H groups in total. The molecule has 0 unspecified atom stereocenters. The Bertz CT molecular complexity index is 455. The Balaban J connectivity index is 2.39. The summed E-state index contributed by atoms with van der Waals surface area (Å²) in [6.07, 6.45) is 6.65. The van der Waals surface area contributed by atoms with Crippen LogP contribution in [0.15, 0.2) is 16.4 Å². The fourth-order valence-corrected chi connectivity index (χ4v) is 2.51. The molecule has 0 atom stereocenters. The number of nitrogens with two attached hydrogens (primary N) is 1. The van der Waals surface area contributed by atoms with E-state index in [1.807, 2.05) is 6.19 Å². The molecule has 0 bridgehead atoms. The third kappa shape index (κ3) is 1.90. The number of rotatable bonds is 0. The van der Waals surface area contributed by atoms with Crippen LogP contribution < -0.4 is 16.4 Å². The Kier molecular flexibility index (Phi) is 2.88. The minimum atomic E-state index is -0.526. The Morgan fingerprint density at radius 2 is 2.00 bits per heavy atom. The van der Waals surface area contributed by atoms with Crippen molar-refractivity contribution < 1.29 is 0 Å². The fourth-order valence-electron chi connectivity index (χ4n) is 2.51. The average molecular weight is 230 g/mol. The number of hydrogen-bond acceptors (Lipinski definition) is 6. The predicted molar refractivity (Wildman–Crippen MR) is 62.0 cm³/mol. The van der Waals surface area contributed by atoms with Gasteiger partial charge in [0.25, 0.3) is 0 Å². The normalized spacial score (nSPS) is 22.1. The third-order valence-electron chi connectivity index (χ3n) is 3.28. The van der Waals surface area contributed by atoms with Crippen LogP contribution >= 0.6 is 0 Å². The standard InChI is InChI=1S/C11H14N6/c12-6-8-9(14)16-10(15-7-13)17-11(8)4-2-1-3-5-11/h1-5,14H2,(H2,15,16,17). The molecule has 0 radical (unpaired) electrons. The van der Waals surface area contributed by atoms with Crippen molar-refractivity contribution in [3.63, 3.8) is 0 Å². The van der Waals surface area contributed by atoms with Gasteiger partial charge in [0, 0.05) is 0 Å². The number of nitriles is 2. The predicted octanol–water partition coefficient (Wildman–Crippen LogP) is 0.413. The van der Waals surface area contributed by atoms with Crippen molar-refractivity contribution in [2.75, 3.05) is 0 Å². The lowest BCUT2D eigenvalue weighted by Gasteiger charge is -2.37. The van der Waals surface area contributed by atoms with Crippen LogP contribution in [0.2, 0.25) is 0 Å². The van der Waals surface area contributed by atoms with Gasteiger partial charge in [-0.25, -0.2) is 4.99 Å². The van der Waals surface area contributed by atoms with Gasteiger partial charge in [-0.15, -0.1) is 0 Å². The highest BCUT2D eigenvalue weighted by molar-refractivity contribution is 5.85. The van der Waals surface area contributed by atoms with E-state index in [0.29, 0.717) is 17.4 Å². The average Bonchev–Trinajstić information content (AvgIpc) is 2.30. The molecule has 0 saturated heterocycles. The van der Waals surface area contributed by atoms with Crippen LogP contribution in [0, 0.1) is 22.8 Å². The maximum Gasteiger partial charge on any atom is 0.211 e. The molecule has 0 amide bonds. The Morgan fingerprint density at radius 1 is 1.29 bits per heavy atom. The topological polar surface area (TPSA) is 110 Å². The van der Waals surface area contributed by atoms with Crippen LogP contribution in [-0.4, -0.2) is 11.5 Å². The molecule has 0 aromatic carbocycles. The van der Waals surface area contributed by atoms with E-state index in [4.69, 9.17) is 11.0 Å². The zero-order valence-corrected chi connectivity index (χ0v) is 9.45. The monoisotopic (exact) mass is 230 g/mol. The largest absolute Gasteiger partial charge is 0.384 e. The van der Waals surface area contributed by atoms with Gasteiger partial charge < -0.3 is 11.1 Å². The van der Waals surface area contributed by atoms with Crippen molar-refractivity contribution in [3.05, 3.63) is 11.4 Å². The summed E-state index contributed by atoms with van der Waals surface area (Å²) < 4.78 is 0. The highest BCUT2D eigenvalue weighted by Gasteiger charge is 2.40. The number of guanidine groups is 1. The summed E-state index contributed by atoms with van der Waals surface area (Å²) in [7, 11) is 0. The number of nitrogens with one attached hydrogen (secondary N) is 2. The maximum absolute atomic E-state index is 9.21. The van der Waals surface area contributed by atoms with E-state index in [9.17, 15) is 5.26 Å². The third-order valence-corrected chi connectivity index (χ3v) is 3.28. The van der Waals surface area contributed by atoms with E-state index in [1.54, 1.807) is 0 Å². The van der Waals surface area contributed by atoms with E-state index in [2.05, 4.69) is 21.7 Å². The lowest BCUT2D eigenvalue weighted by Crippen LogP contribution is -2.48. The van der Waals surface area contributed by atoms with E-state index in [-0.39, 0.29) is 0 Å². The van der Waals surface area contributed by atoms with Crippen LogP contribution in [0.4, 0.5) is 0 Å². The molecule has 17 heavy (non-hydrogen) atoms. The van der Waals surface area contributed by atoms with Crippen LogP contribution in [0.25, 0.3) is 0 Å². The second-order valence-corrected chi connectivity index (χ2v) is 4.31. The van der Waals surface area contributed by atoms with Gasteiger partial charge >= 0.3 is 0 Å². The molecule has 1 heterocycles. The molecule has 1 spiro atoms. The molecule has 1 saturated carbocycles. The Morgan fingerprint density at radius 3 is 2.59 bits per heavy atom. The van der Waals surface area contributed by atoms with Crippen molar-refractivity contribution in [1.29, 1.82) is 10.5 Å². The molecule has 1 aliphatic heterocycles. The molecule has 6 nitrogen and oxygen atoms in total. The minimum Gasteiger partial charge on any atom is -0.384 e. The molecule has 88 valence electrons. The summed E-state index contributed by atoms with van der Waals surface area (Å²) >= 11 is 0. The minimum absolute atomic E-state index is 0.308. The number of aliphatic imine (C=N–C) groups is 1. The SMILES string of the molecule is N#CNC1=NC2(CCCCC2)C(C#N)=C(N)N1. The molecule has 1 fully saturated rings. The zero-order valence-electron chi connectivity index (χ0n) is 9.45. The van der Waals surface area contributed by atoms with Crippen LogP contribution in [0.3, 0.4) is 0 Å². The molecular weight excluding hydrogens is 216 g/mol. The highest BCUT2D eigenvalue weighted by Crippen LogP contribution is 2.39. The highest BCUT2D eigenvalue weighted by atomic mass is 15.2. The summed E-state index contributed by atoms with van der Waals surface area (Å²) in [4.78, 5) is 4.48. The van der Waals surface area contributed by atoms with E-state index >= 15 is 0 Å². The van der Waals surface area contributed by atoms with E-state index in [1.165, 1.54) is 0 Å². The van der Waals surface area contributed by atoms with Crippen LogP contribution in [0.5, 0.6) is 0 Å². The molecule has 6 heteroatoms. The first kappa shape index (κ1) is 11.3. The Hall–Kier alpha value is -2.21. The molecular formula is C11H14N6. The van der Waals surface area contributed by atoms with Crippen LogP contribution in [-0.2, 0) is 0 Å². The molecule has 2 rings (SSSR count). The smallest absolute Gasteiger partial charge is 0.211 e. The summed E-state index contributed by atoms with van der Waals surface area (Å²) in [5.74, 6) is 0.646. The van der Waals surface area contributed by atoms with Gasteiger partial charge in [0.15, 0.2) is 6.19 Å². The lowest BCUT2D eigenvalue weighted by atomic mass is 9.76. The van der Waals surface area contributed by atoms with Gasteiger partial charge in [0.05, 0.1) is 5.57 Å². The Labute approximate surface area is 99.8 Å². The van der Waals surface area contributed by atoms with Crippen molar-refractivity contribution in [3.8, 4) is 12.3 Å². The maximum atomic E-state index is 9.21. The van der Waals surface area contributed by atoms with Gasteiger partial charge in [-0.3, -0.25) is 5.32 Å². The number of hydrogen-bond donors (Lipinski definition) is 3. The zero-order chi connectivity index (χ0) is 12.3. The lowest BCUT2D eigenvalue weighted by molar-refractivity contribution is 0.342. The first-order valence-electron chi connectivity index (χ1n) is 5.64. The second kappa shape index (κ2) is 4.34. The summed E-state index contributed by atoms with van der Waals surface area (Å²) in [5, 5.41) is 23.0. The second-order valence-electron chi connectivity index (χ2n) is 4.31. The van der Waals surface area contributed by atoms with Crippen molar-refractivity contribution in [2.45, 2.75) is 37.6 Å². The van der Waals surface area contributed by atoms with Crippen LogP contribution in [0.1, 0.15) is 32.1 Å². The number of nitrogens with zero attached hydrogens (tertiary/aromatic N) is 3. The summed E-state index contributed by atoms with van der Waals surface area (Å²) in [6, 6.07) is 2.15. The van der Waals surface area contributed by atoms with Gasteiger partial charge in [-0.2, -0.15) is 10.5 Å². The van der Waals surface area contributed by atoms with Gasteiger partial charge in [-0.1, -0.05) is 19.3 Å². The van der Waals surface area contributed by atoms with E-state index in [0.717, 1.165) is 32.1 Å². The summed E-state index contributed by atoms with van der Waals surface area (Å²) in [6.45, 7) is 0. The van der Waals surface area contributed by atoms with E-state index < -0.39 is 5.54 Å². The first-order chi connectivity index (χ1) is 8.22. The summed E-state index contributed by atoms with van der Waals surface area (Å²) in [5.41, 5.74) is 5.81. The molecule has 1 aliphatic carbocycles. The molecule has 0 aromatic rings. The molecule has 0 aromatic heterocycles. The quantitative estimate of drug-likeness (QED) is 0.412. The van der Waals surface area contributed by atoms with Gasteiger partial charge in [0.1, 0.15) is 17.4 Å². The van der Waals surface area contributed by atoms with Crippen molar-refractivity contribution in [1.82, 2.24) is 10.6 Å². The van der Waals surface area contributed by atoms with Gasteiger partial charge in [-0.05, 0) is 12.8 Å².